The highest BCUT2D eigenvalue weighted by molar-refractivity contribution is 5.94. The molecular weight excluding hydrogens is 414 g/mol. The fourth-order valence-electron chi connectivity index (χ4n) is 3.87. The molecule has 4 aromatic rings. The molecule has 0 aliphatic rings. The number of aromatic amines is 1. The maximum atomic E-state index is 12.9. The number of amides is 1. The summed E-state index contributed by atoms with van der Waals surface area (Å²) in [5.41, 5.74) is 4.83. The van der Waals surface area contributed by atoms with Crippen molar-refractivity contribution in [3.8, 4) is 28.1 Å². The van der Waals surface area contributed by atoms with Crippen LogP contribution in [0.4, 0.5) is 0 Å². The van der Waals surface area contributed by atoms with Crippen LogP contribution < -0.4 is 0 Å². The lowest BCUT2D eigenvalue weighted by Gasteiger charge is -2.23. The van der Waals surface area contributed by atoms with Crippen LogP contribution in [0.15, 0.2) is 60.8 Å². The van der Waals surface area contributed by atoms with Crippen LogP contribution in [0.2, 0.25) is 0 Å². The second kappa shape index (κ2) is 9.42. The number of benzene rings is 2. The zero-order chi connectivity index (χ0) is 23.5. The van der Waals surface area contributed by atoms with Gasteiger partial charge in [-0.05, 0) is 50.3 Å². The predicted molar refractivity (Wildman–Crippen MR) is 131 cm³/mol. The highest BCUT2D eigenvalue weighted by Crippen LogP contribution is 2.34. The molecule has 2 aromatic carbocycles. The first-order valence-corrected chi connectivity index (χ1v) is 11.0. The fourth-order valence-corrected chi connectivity index (χ4v) is 3.87. The van der Waals surface area contributed by atoms with Crippen molar-refractivity contribution in [1.29, 1.82) is 0 Å². The number of nitrogens with one attached hydrogen (secondary N) is 1. The van der Waals surface area contributed by atoms with Gasteiger partial charge in [0, 0.05) is 42.8 Å². The van der Waals surface area contributed by atoms with Crippen molar-refractivity contribution in [1.82, 2.24) is 25.0 Å². The Labute approximate surface area is 193 Å². The SMILES string of the molecule is CC(C(=O)N(C)CCN(C)C)c1cccc(-c2cnc3n[nH]c(-c4ccccc4O)c3c2)c1. The number of aromatic nitrogens is 3. The third-order valence-electron chi connectivity index (χ3n) is 5.93. The fraction of sp³-hybridized carbons (Fsp3) is 0.269. The quantitative estimate of drug-likeness (QED) is 0.449. The molecule has 0 radical (unpaired) electrons. The van der Waals surface area contributed by atoms with E-state index in [0.717, 1.165) is 34.3 Å². The van der Waals surface area contributed by atoms with Crippen molar-refractivity contribution in [2.45, 2.75) is 12.8 Å². The third-order valence-corrected chi connectivity index (χ3v) is 5.93. The van der Waals surface area contributed by atoms with E-state index in [0.29, 0.717) is 17.8 Å². The van der Waals surface area contributed by atoms with Gasteiger partial charge in [0.1, 0.15) is 5.75 Å². The van der Waals surface area contributed by atoms with Crippen molar-refractivity contribution >= 4 is 16.9 Å². The summed E-state index contributed by atoms with van der Waals surface area (Å²) in [5, 5.41) is 18.4. The lowest BCUT2D eigenvalue weighted by atomic mass is 9.95. The predicted octanol–water partition coefficient (Wildman–Crippen LogP) is 4.12. The first-order chi connectivity index (χ1) is 15.8. The number of H-pyrrole nitrogens is 1. The van der Waals surface area contributed by atoms with E-state index in [2.05, 4.69) is 20.1 Å². The molecule has 0 aliphatic heterocycles. The summed E-state index contributed by atoms with van der Waals surface area (Å²) >= 11 is 0. The zero-order valence-electron chi connectivity index (χ0n) is 19.4. The molecule has 2 N–H and O–H groups in total. The van der Waals surface area contributed by atoms with E-state index in [1.165, 1.54) is 0 Å². The number of nitrogens with zero attached hydrogens (tertiary/aromatic N) is 4. The van der Waals surface area contributed by atoms with Gasteiger partial charge in [0.15, 0.2) is 5.65 Å². The van der Waals surface area contributed by atoms with Gasteiger partial charge in [-0.1, -0.05) is 36.4 Å². The van der Waals surface area contributed by atoms with Crippen LogP contribution in [0.3, 0.4) is 0 Å². The molecular formula is C26H29N5O2. The smallest absolute Gasteiger partial charge is 0.229 e. The second-order valence-corrected chi connectivity index (χ2v) is 8.62. The molecule has 1 atom stereocenters. The Morgan fingerprint density at radius 2 is 1.82 bits per heavy atom. The number of hydrogen-bond donors (Lipinski definition) is 2. The van der Waals surface area contributed by atoms with Crippen molar-refractivity contribution in [2.75, 3.05) is 34.2 Å². The minimum Gasteiger partial charge on any atom is -0.507 e. The molecule has 7 heteroatoms. The number of likely N-dealkylation sites (N-methyl/N-ethyl adjacent to an activating group) is 2. The highest BCUT2D eigenvalue weighted by Gasteiger charge is 2.20. The minimum absolute atomic E-state index is 0.0965. The summed E-state index contributed by atoms with van der Waals surface area (Å²) in [6.45, 7) is 3.46. The molecule has 0 aliphatic carbocycles. The molecule has 1 amide bonds. The number of fused-ring (bicyclic) bond motifs is 1. The molecule has 0 fully saturated rings. The summed E-state index contributed by atoms with van der Waals surface area (Å²) in [5.74, 6) is 0.0278. The van der Waals surface area contributed by atoms with Gasteiger partial charge < -0.3 is 14.9 Å². The maximum Gasteiger partial charge on any atom is 0.229 e. The van der Waals surface area contributed by atoms with Crippen molar-refractivity contribution < 1.29 is 9.90 Å². The van der Waals surface area contributed by atoms with E-state index in [4.69, 9.17) is 0 Å². The van der Waals surface area contributed by atoms with Gasteiger partial charge in [0.05, 0.1) is 11.6 Å². The number of phenols is 1. The Morgan fingerprint density at radius 3 is 2.58 bits per heavy atom. The van der Waals surface area contributed by atoms with Crippen LogP contribution in [-0.2, 0) is 4.79 Å². The summed E-state index contributed by atoms with van der Waals surface area (Å²) in [6.07, 6.45) is 1.78. The van der Waals surface area contributed by atoms with Gasteiger partial charge in [0.2, 0.25) is 5.91 Å². The number of para-hydroxylation sites is 1. The Hall–Kier alpha value is -3.71. The number of hydrogen-bond acceptors (Lipinski definition) is 5. The lowest BCUT2D eigenvalue weighted by molar-refractivity contribution is -0.131. The summed E-state index contributed by atoms with van der Waals surface area (Å²) in [4.78, 5) is 21.3. The van der Waals surface area contributed by atoms with Crippen LogP contribution in [0, 0.1) is 0 Å². The molecule has 1 unspecified atom stereocenters. The van der Waals surface area contributed by atoms with Gasteiger partial charge >= 0.3 is 0 Å². The van der Waals surface area contributed by atoms with E-state index < -0.39 is 0 Å². The number of pyridine rings is 1. The van der Waals surface area contributed by atoms with Gasteiger partial charge in [-0.25, -0.2) is 4.98 Å². The average molecular weight is 444 g/mol. The van der Waals surface area contributed by atoms with Crippen LogP contribution in [0.25, 0.3) is 33.4 Å². The van der Waals surface area contributed by atoms with E-state index >= 15 is 0 Å². The largest absolute Gasteiger partial charge is 0.507 e. The zero-order valence-corrected chi connectivity index (χ0v) is 19.4. The highest BCUT2D eigenvalue weighted by atomic mass is 16.3. The van der Waals surface area contributed by atoms with Crippen molar-refractivity contribution in [3.05, 3.63) is 66.4 Å². The molecule has 170 valence electrons. The molecule has 2 heterocycles. The van der Waals surface area contributed by atoms with Gasteiger partial charge in [-0.15, -0.1) is 0 Å². The van der Waals surface area contributed by atoms with Crippen molar-refractivity contribution in [2.24, 2.45) is 0 Å². The monoisotopic (exact) mass is 443 g/mol. The topological polar surface area (TPSA) is 85.4 Å². The van der Waals surface area contributed by atoms with Gasteiger partial charge in [0.25, 0.3) is 0 Å². The van der Waals surface area contributed by atoms with Crippen LogP contribution in [0.1, 0.15) is 18.4 Å². The van der Waals surface area contributed by atoms with Crippen molar-refractivity contribution in [3.63, 3.8) is 0 Å². The Kier molecular flexibility index (Phi) is 6.42. The molecule has 0 saturated heterocycles. The van der Waals surface area contributed by atoms with Crippen LogP contribution in [0.5, 0.6) is 5.75 Å². The molecule has 33 heavy (non-hydrogen) atoms. The third kappa shape index (κ3) is 4.73. The minimum atomic E-state index is -0.250. The standard InChI is InChI=1S/C26H29N5O2/c1-17(26(33)31(4)13-12-30(2)3)18-8-7-9-19(14-18)20-15-22-24(28-29-25(22)27-16-20)21-10-5-6-11-23(21)32/h5-11,14-17,32H,12-13H2,1-4H3,(H,27,28,29). The summed E-state index contributed by atoms with van der Waals surface area (Å²) < 4.78 is 0. The Morgan fingerprint density at radius 1 is 1.03 bits per heavy atom. The number of aromatic hydroxyl groups is 1. The number of rotatable bonds is 7. The number of phenolic OH excluding ortho intramolecular Hbond substituents is 1. The van der Waals surface area contributed by atoms with Crippen LogP contribution >= 0.6 is 0 Å². The van der Waals surface area contributed by atoms with E-state index in [9.17, 15) is 9.90 Å². The molecule has 0 saturated carbocycles. The Balaban J connectivity index is 1.64. The van der Waals surface area contributed by atoms with Crippen LogP contribution in [-0.4, -0.2) is 70.2 Å². The second-order valence-electron chi connectivity index (χ2n) is 8.62. The van der Waals surface area contributed by atoms with E-state index in [-0.39, 0.29) is 17.6 Å². The maximum absolute atomic E-state index is 12.9. The normalized spacial score (nSPS) is 12.3. The first-order valence-electron chi connectivity index (χ1n) is 11.0. The summed E-state index contributed by atoms with van der Waals surface area (Å²) in [6, 6.07) is 17.2. The van der Waals surface area contributed by atoms with E-state index in [1.807, 2.05) is 70.5 Å². The molecule has 7 nitrogen and oxygen atoms in total. The molecule has 4 rings (SSSR count). The van der Waals surface area contributed by atoms with Gasteiger partial charge in [-0.3, -0.25) is 9.89 Å². The van der Waals surface area contributed by atoms with Gasteiger partial charge in [-0.2, -0.15) is 5.10 Å². The first kappa shape index (κ1) is 22.5. The number of carbonyl (C=O) groups excluding carboxylic acids is 1. The molecule has 0 bridgehead atoms. The Bertz CT molecular complexity index is 1280. The average Bonchev–Trinajstić information content (AvgIpc) is 3.25. The number of carbonyl (C=O) groups is 1. The van der Waals surface area contributed by atoms with E-state index in [1.54, 1.807) is 23.2 Å². The lowest BCUT2D eigenvalue weighted by Crippen LogP contribution is -2.35. The molecule has 2 aromatic heterocycles. The summed E-state index contributed by atoms with van der Waals surface area (Å²) in [7, 11) is 5.85. The molecule has 0 spiro atoms.